The Morgan fingerprint density at radius 2 is 2.50 bits per heavy atom. The van der Waals surface area contributed by atoms with Crippen LogP contribution in [0.15, 0.2) is 23.6 Å². The van der Waals surface area contributed by atoms with Crippen LogP contribution in [0.1, 0.15) is 32.2 Å². The minimum atomic E-state index is 0.0508. The van der Waals surface area contributed by atoms with Gasteiger partial charge in [0, 0.05) is 12.6 Å². The predicted molar refractivity (Wildman–Crippen MR) is 71.5 cm³/mol. The molecule has 2 rings (SSSR count). The Morgan fingerprint density at radius 3 is 3.22 bits per heavy atom. The standard InChI is InChI=1S/C12H18N4OS/c1-2-3-4-7-13-11(17)8-18-12-15-14-9-16(12)10-5-6-10/h2-3,9-10H,4-8H2,1H3,(H,13,17)/b3-2+. The molecular weight excluding hydrogens is 248 g/mol. The van der Waals surface area contributed by atoms with Crippen LogP contribution in [0.2, 0.25) is 0 Å². The molecule has 0 bridgehead atoms. The summed E-state index contributed by atoms with van der Waals surface area (Å²) in [6.45, 7) is 2.67. The van der Waals surface area contributed by atoms with Crippen molar-refractivity contribution in [3.63, 3.8) is 0 Å². The van der Waals surface area contributed by atoms with Gasteiger partial charge in [-0.3, -0.25) is 4.79 Å². The quantitative estimate of drug-likeness (QED) is 0.464. The van der Waals surface area contributed by atoms with Crippen LogP contribution in [-0.2, 0) is 4.79 Å². The third-order valence-electron chi connectivity index (χ3n) is 2.68. The zero-order valence-corrected chi connectivity index (χ0v) is 11.3. The van der Waals surface area contributed by atoms with Gasteiger partial charge in [-0.05, 0) is 26.2 Å². The van der Waals surface area contributed by atoms with Crippen molar-refractivity contribution in [3.8, 4) is 0 Å². The van der Waals surface area contributed by atoms with E-state index >= 15 is 0 Å². The fourth-order valence-electron chi connectivity index (χ4n) is 1.58. The maximum absolute atomic E-state index is 11.6. The van der Waals surface area contributed by atoms with Crippen molar-refractivity contribution < 1.29 is 4.79 Å². The van der Waals surface area contributed by atoms with E-state index in [4.69, 9.17) is 0 Å². The molecule has 0 unspecified atom stereocenters. The van der Waals surface area contributed by atoms with Gasteiger partial charge < -0.3 is 9.88 Å². The molecule has 1 aromatic heterocycles. The molecule has 6 heteroatoms. The van der Waals surface area contributed by atoms with Crippen molar-refractivity contribution in [2.45, 2.75) is 37.4 Å². The maximum atomic E-state index is 11.6. The average molecular weight is 266 g/mol. The van der Waals surface area contributed by atoms with Gasteiger partial charge in [0.25, 0.3) is 0 Å². The van der Waals surface area contributed by atoms with Crippen LogP contribution in [0, 0.1) is 0 Å². The third-order valence-corrected chi connectivity index (χ3v) is 3.64. The van der Waals surface area contributed by atoms with Gasteiger partial charge in [0.2, 0.25) is 5.91 Å². The Labute approximate surface area is 111 Å². The zero-order chi connectivity index (χ0) is 12.8. The van der Waals surface area contributed by atoms with Gasteiger partial charge in [-0.2, -0.15) is 0 Å². The molecule has 98 valence electrons. The van der Waals surface area contributed by atoms with Crippen LogP contribution in [0.4, 0.5) is 0 Å². The lowest BCUT2D eigenvalue weighted by molar-refractivity contribution is -0.118. The topological polar surface area (TPSA) is 59.8 Å². The fourth-order valence-corrected chi connectivity index (χ4v) is 2.39. The van der Waals surface area contributed by atoms with E-state index in [0.29, 0.717) is 18.3 Å². The highest BCUT2D eigenvalue weighted by atomic mass is 32.2. The number of carbonyl (C=O) groups excluding carboxylic acids is 1. The molecule has 5 nitrogen and oxygen atoms in total. The molecule has 1 aromatic rings. The molecule has 1 aliphatic rings. The number of hydrogen-bond donors (Lipinski definition) is 1. The van der Waals surface area contributed by atoms with E-state index in [1.54, 1.807) is 6.33 Å². The molecule has 1 saturated carbocycles. The Bertz CT molecular complexity index is 425. The van der Waals surface area contributed by atoms with Crippen molar-refractivity contribution in [1.82, 2.24) is 20.1 Å². The van der Waals surface area contributed by atoms with Crippen molar-refractivity contribution in [1.29, 1.82) is 0 Å². The first kappa shape index (κ1) is 13.1. The summed E-state index contributed by atoms with van der Waals surface area (Å²) in [7, 11) is 0. The Balaban J connectivity index is 1.70. The first-order valence-electron chi connectivity index (χ1n) is 6.21. The van der Waals surface area contributed by atoms with Gasteiger partial charge in [-0.1, -0.05) is 23.9 Å². The number of aromatic nitrogens is 3. The maximum Gasteiger partial charge on any atom is 0.230 e. The lowest BCUT2D eigenvalue weighted by Crippen LogP contribution is -2.26. The molecule has 18 heavy (non-hydrogen) atoms. The predicted octanol–water partition coefficient (Wildman–Crippen LogP) is 1.79. The molecule has 0 spiro atoms. The van der Waals surface area contributed by atoms with Crippen LogP contribution < -0.4 is 5.32 Å². The van der Waals surface area contributed by atoms with E-state index in [1.807, 2.05) is 19.1 Å². The van der Waals surface area contributed by atoms with Gasteiger partial charge >= 0.3 is 0 Å². The highest BCUT2D eigenvalue weighted by Gasteiger charge is 2.26. The lowest BCUT2D eigenvalue weighted by Gasteiger charge is -2.04. The van der Waals surface area contributed by atoms with Crippen LogP contribution in [0.25, 0.3) is 0 Å². The molecule has 0 atom stereocenters. The number of carbonyl (C=O) groups is 1. The highest BCUT2D eigenvalue weighted by molar-refractivity contribution is 7.99. The molecule has 1 fully saturated rings. The third kappa shape index (κ3) is 3.87. The van der Waals surface area contributed by atoms with Crippen LogP contribution in [-0.4, -0.2) is 33.0 Å². The van der Waals surface area contributed by atoms with Gasteiger partial charge in [0.15, 0.2) is 5.16 Å². The van der Waals surface area contributed by atoms with Crippen LogP contribution in [0.3, 0.4) is 0 Å². The minimum absolute atomic E-state index is 0.0508. The SMILES string of the molecule is C/C=C/CCNC(=O)CSc1nncn1C1CC1. The second-order valence-electron chi connectivity index (χ2n) is 4.25. The molecule has 1 heterocycles. The summed E-state index contributed by atoms with van der Waals surface area (Å²) in [6, 6.07) is 0.556. The van der Waals surface area contributed by atoms with Crippen LogP contribution >= 0.6 is 11.8 Å². The molecule has 0 aliphatic heterocycles. The van der Waals surface area contributed by atoms with E-state index in [9.17, 15) is 4.79 Å². The Morgan fingerprint density at radius 1 is 1.67 bits per heavy atom. The van der Waals surface area contributed by atoms with Crippen molar-refractivity contribution >= 4 is 17.7 Å². The number of rotatable bonds is 7. The van der Waals surface area contributed by atoms with Gasteiger partial charge in [-0.25, -0.2) is 0 Å². The smallest absolute Gasteiger partial charge is 0.230 e. The molecular formula is C12H18N4OS. The average Bonchev–Trinajstić information content (AvgIpc) is 3.11. The monoisotopic (exact) mass is 266 g/mol. The fraction of sp³-hybridized carbons (Fsp3) is 0.583. The summed E-state index contributed by atoms with van der Waals surface area (Å²) in [6.07, 6.45) is 9.05. The number of thioether (sulfide) groups is 1. The normalized spacial score (nSPS) is 15.2. The summed E-state index contributed by atoms with van der Waals surface area (Å²) < 4.78 is 2.07. The number of hydrogen-bond acceptors (Lipinski definition) is 4. The molecule has 0 radical (unpaired) electrons. The summed E-state index contributed by atoms with van der Waals surface area (Å²) in [5.41, 5.74) is 0. The Kier molecular flexibility index (Phi) is 4.81. The summed E-state index contributed by atoms with van der Waals surface area (Å²) >= 11 is 1.45. The van der Waals surface area contributed by atoms with E-state index in [0.717, 1.165) is 11.6 Å². The largest absolute Gasteiger partial charge is 0.355 e. The second kappa shape index (κ2) is 6.58. The van der Waals surface area contributed by atoms with Gasteiger partial charge in [0.05, 0.1) is 5.75 Å². The molecule has 1 amide bonds. The van der Waals surface area contributed by atoms with E-state index in [1.165, 1.54) is 24.6 Å². The number of amides is 1. The van der Waals surface area contributed by atoms with Gasteiger partial charge in [-0.15, -0.1) is 10.2 Å². The number of nitrogens with one attached hydrogen (secondary N) is 1. The van der Waals surface area contributed by atoms with Crippen molar-refractivity contribution in [2.75, 3.05) is 12.3 Å². The molecule has 1 aliphatic carbocycles. The van der Waals surface area contributed by atoms with Gasteiger partial charge in [0.1, 0.15) is 6.33 Å². The summed E-state index contributed by atoms with van der Waals surface area (Å²) in [5, 5.41) is 11.7. The second-order valence-corrected chi connectivity index (χ2v) is 5.19. The van der Waals surface area contributed by atoms with Crippen LogP contribution in [0.5, 0.6) is 0 Å². The first-order valence-corrected chi connectivity index (χ1v) is 7.20. The van der Waals surface area contributed by atoms with Crippen molar-refractivity contribution in [2.24, 2.45) is 0 Å². The van der Waals surface area contributed by atoms with E-state index in [-0.39, 0.29) is 5.91 Å². The molecule has 0 saturated heterocycles. The highest BCUT2D eigenvalue weighted by Crippen LogP contribution is 2.37. The zero-order valence-electron chi connectivity index (χ0n) is 10.5. The summed E-state index contributed by atoms with van der Waals surface area (Å²) in [5.74, 6) is 0.455. The molecule has 0 aromatic carbocycles. The number of allylic oxidation sites excluding steroid dienone is 1. The number of nitrogens with zero attached hydrogens (tertiary/aromatic N) is 3. The van der Waals surface area contributed by atoms with E-state index in [2.05, 4.69) is 20.1 Å². The summed E-state index contributed by atoms with van der Waals surface area (Å²) in [4.78, 5) is 11.6. The first-order chi connectivity index (χ1) is 8.81. The molecule has 1 N–H and O–H groups in total. The Hall–Kier alpha value is -1.30. The van der Waals surface area contributed by atoms with E-state index < -0.39 is 0 Å². The lowest BCUT2D eigenvalue weighted by atomic mass is 10.4. The van der Waals surface area contributed by atoms with Crippen molar-refractivity contribution in [3.05, 3.63) is 18.5 Å². The minimum Gasteiger partial charge on any atom is -0.355 e.